The first kappa shape index (κ1) is 17.7. The number of aryl methyl sites for hydroxylation is 1. The Morgan fingerprint density at radius 3 is 2.74 bits per heavy atom. The minimum absolute atomic E-state index is 0.137. The Morgan fingerprint density at radius 1 is 1.19 bits per heavy atom. The number of rotatable bonds is 4. The van der Waals surface area contributed by atoms with Crippen molar-refractivity contribution in [2.24, 2.45) is 0 Å². The summed E-state index contributed by atoms with van der Waals surface area (Å²) < 4.78 is 5.96. The first-order valence-corrected chi connectivity index (χ1v) is 9.26. The van der Waals surface area contributed by atoms with Gasteiger partial charge in [0.2, 0.25) is 5.89 Å². The molecule has 0 spiro atoms. The molecule has 1 fully saturated rings. The van der Waals surface area contributed by atoms with Crippen LogP contribution in [0.4, 0.5) is 0 Å². The highest BCUT2D eigenvalue weighted by atomic mass is 35.5. The van der Waals surface area contributed by atoms with E-state index in [0.29, 0.717) is 29.6 Å². The average molecular weight is 383 g/mol. The molecule has 138 valence electrons. The van der Waals surface area contributed by atoms with Gasteiger partial charge in [-0.2, -0.15) is 0 Å². The normalized spacial score (nSPS) is 16.7. The van der Waals surface area contributed by atoms with E-state index < -0.39 is 0 Å². The van der Waals surface area contributed by atoms with Crippen molar-refractivity contribution in [1.82, 2.24) is 19.9 Å². The molecule has 0 radical (unpaired) electrons. The number of amides is 1. The van der Waals surface area contributed by atoms with Gasteiger partial charge in [0.05, 0.1) is 18.1 Å². The number of hydrogen-bond acceptors (Lipinski definition) is 5. The zero-order valence-corrected chi connectivity index (χ0v) is 15.7. The standard InChI is InChI=1S/C20H19ClN4O2/c1-13-10-23-17(12-22-13)20(26)25-8-2-3-18(25)19-24-11-16(27-19)9-14-4-6-15(21)7-5-14/h4-7,10-12,18H,2-3,8-9H2,1H3/t18-/m1/s1. The van der Waals surface area contributed by atoms with Crippen molar-refractivity contribution < 1.29 is 9.21 Å². The van der Waals surface area contributed by atoms with E-state index in [4.69, 9.17) is 16.0 Å². The molecular weight excluding hydrogens is 364 g/mol. The summed E-state index contributed by atoms with van der Waals surface area (Å²) in [6, 6.07) is 7.47. The summed E-state index contributed by atoms with van der Waals surface area (Å²) in [7, 11) is 0. The second-order valence-corrected chi connectivity index (χ2v) is 7.10. The molecule has 1 aliphatic rings. The highest BCUT2D eigenvalue weighted by molar-refractivity contribution is 6.30. The number of oxazole rings is 1. The fourth-order valence-electron chi connectivity index (χ4n) is 3.28. The molecule has 0 saturated carbocycles. The van der Waals surface area contributed by atoms with Gasteiger partial charge in [-0.1, -0.05) is 23.7 Å². The summed E-state index contributed by atoms with van der Waals surface area (Å²) in [5.74, 6) is 1.20. The molecule has 1 atom stereocenters. The lowest BCUT2D eigenvalue weighted by Crippen LogP contribution is -2.31. The lowest BCUT2D eigenvalue weighted by Gasteiger charge is -2.21. The largest absolute Gasteiger partial charge is 0.443 e. The van der Waals surface area contributed by atoms with Crippen molar-refractivity contribution in [3.8, 4) is 0 Å². The quantitative estimate of drug-likeness (QED) is 0.682. The molecule has 2 aromatic heterocycles. The molecule has 1 aromatic carbocycles. The average Bonchev–Trinajstić information content (AvgIpc) is 3.33. The molecule has 7 heteroatoms. The zero-order valence-electron chi connectivity index (χ0n) is 14.9. The summed E-state index contributed by atoms with van der Waals surface area (Å²) >= 11 is 5.93. The third-order valence-corrected chi connectivity index (χ3v) is 4.91. The Balaban J connectivity index is 1.50. The predicted molar refractivity (Wildman–Crippen MR) is 101 cm³/mol. The fraction of sp³-hybridized carbons (Fsp3) is 0.300. The van der Waals surface area contributed by atoms with Gasteiger partial charge in [-0.3, -0.25) is 9.78 Å². The van der Waals surface area contributed by atoms with Crippen LogP contribution in [-0.2, 0) is 6.42 Å². The number of halogens is 1. The van der Waals surface area contributed by atoms with E-state index in [-0.39, 0.29) is 11.9 Å². The molecule has 0 bridgehead atoms. The molecule has 1 saturated heterocycles. The van der Waals surface area contributed by atoms with Gasteiger partial charge in [-0.25, -0.2) is 9.97 Å². The van der Waals surface area contributed by atoms with Gasteiger partial charge in [-0.05, 0) is 37.5 Å². The smallest absolute Gasteiger partial charge is 0.274 e. The van der Waals surface area contributed by atoms with Crippen LogP contribution in [0.3, 0.4) is 0 Å². The van der Waals surface area contributed by atoms with Gasteiger partial charge in [-0.15, -0.1) is 0 Å². The van der Waals surface area contributed by atoms with E-state index in [1.165, 1.54) is 6.20 Å². The van der Waals surface area contributed by atoms with Crippen molar-refractivity contribution in [1.29, 1.82) is 0 Å². The van der Waals surface area contributed by atoms with Crippen LogP contribution >= 0.6 is 11.6 Å². The van der Waals surface area contributed by atoms with E-state index in [1.807, 2.05) is 31.2 Å². The maximum Gasteiger partial charge on any atom is 0.274 e. The molecule has 27 heavy (non-hydrogen) atoms. The third-order valence-electron chi connectivity index (χ3n) is 4.66. The predicted octanol–water partition coefficient (Wildman–Crippen LogP) is 3.99. The first-order chi connectivity index (χ1) is 13.1. The number of aromatic nitrogens is 3. The number of benzene rings is 1. The van der Waals surface area contributed by atoms with Crippen LogP contribution in [0.1, 0.15) is 52.3 Å². The van der Waals surface area contributed by atoms with Gasteiger partial charge in [0, 0.05) is 24.2 Å². The van der Waals surface area contributed by atoms with Crippen LogP contribution < -0.4 is 0 Å². The molecule has 6 nitrogen and oxygen atoms in total. The van der Waals surface area contributed by atoms with Crippen LogP contribution in [0.25, 0.3) is 0 Å². The molecule has 0 N–H and O–H groups in total. The monoisotopic (exact) mass is 382 g/mol. The molecule has 1 aliphatic heterocycles. The summed E-state index contributed by atoms with van der Waals surface area (Å²) in [5, 5.41) is 0.705. The minimum Gasteiger partial charge on any atom is -0.443 e. The second-order valence-electron chi connectivity index (χ2n) is 6.67. The number of carbonyl (C=O) groups excluding carboxylic acids is 1. The van der Waals surface area contributed by atoms with Crippen LogP contribution in [0.5, 0.6) is 0 Å². The van der Waals surface area contributed by atoms with Gasteiger partial charge in [0.25, 0.3) is 5.91 Å². The minimum atomic E-state index is -0.167. The van der Waals surface area contributed by atoms with Crippen molar-refractivity contribution in [2.45, 2.75) is 32.2 Å². The molecule has 3 heterocycles. The Morgan fingerprint density at radius 2 is 2.00 bits per heavy atom. The third kappa shape index (κ3) is 3.85. The summed E-state index contributed by atoms with van der Waals surface area (Å²) in [6.45, 7) is 2.50. The van der Waals surface area contributed by atoms with Gasteiger partial charge in [0.1, 0.15) is 17.5 Å². The van der Waals surface area contributed by atoms with Crippen LogP contribution in [-0.4, -0.2) is 32.3 Å². The molecular formula is C20H19ClN4O2. The Kier molecular flexibility index (Phi) is 4.90. The number of hydrogen-bond donors (Lipinski definition) is 0. The van der Waals surface area contributed by atoms with Gasteiger partial charge < -0.3 is 9.32 Å². The van der Waals surface area contributed by atoms with Crippen molar-refractivity contribution in [2.75, 3.05) is 6.54 Å². The molecule has 0 unspecified atom stereocenters. The van der Waals surface area contributed by atoms with Gasteiger partial charge in [0.15, 0.2) is 0 Å². The van der Waals surface area contributed by atoms with E-state index in [9.17, 15) is 4.79 Å². The van der Waals surface area contributed by atoms with Gasteiger partial charge >= 0.3 is 0 Å². The highest BCUT2D eigenvalue weighted by Crippen LogP contribution is 2.32. The van der Waals surface area contributed by atoms with E-state index in [2.05, 4.69) is 15.0 Å². The SMILES string of the molecule is Cc1cnc(C(=O)N2CCC[C@@H]2c2ncc(Cc3ccc(Cl)cc3)o2)cn1. The molecule has 4 rings (SSSR count). The molecule has 1 amide bonds. The van der Waals surface area contributed by atoms with Crippen LogP contribution in [0, 0.1) is 6.92 Å². The maximum absolute atomic E-state index is 12.8. The molecule has 3 aromatic rings. The van der Waals surface area contributed by atoms with E-state index in [1.54, 1.807) is 17.3 Å². The molecule has 0 aliphatic carbocycles. The summed E-state index contributed by atoms with van der Waals surface area (Å²) in [5.41, 5.74) is 2.22. The van der Waals surface area contributed by atoms with E-state index in [0.717, 1.165) is 29.9 Å². The zero-order chi connectivity index (χ0) is 18.8. The number of likely N-dealkylation sites (tertiary alicyclic amines) is 1. The topological polar surface area (TPSA) is 72.1 Å². The number of nitrogens with zero attached hydrogens (tertiary/aromatic N) is 4. The Hall–Kier alpha value is -2.73. The summed E-state index contributed by atoms with van der Waals surface area (Å²) in [6.07, 6.45) is 7.23. The Labute approximate surface area is 162 Å². The van der Waals surface area contributed by atoms with E-state index >= 15 is 0 Å². The van der Waals surface area contributed by atoms with Crippen molar-refractivity contribution in [3.63, 3.8) is 0 Å². The fourth-order valence-corrected chi connectivity index (χ4v) is 3.40. The maximum atomic E-state index is 12.8. The second kappa shape index (κ2) is 7.48. The lowest BCUT2D eigenvalue weighted by atomic mass is 10.1. The first-order valence-electron chi connectivity index (χ1n) is 8.89. The lowest BCUT2D eigenvalue weighted by molar-refractivity contribution is 0.0708. The van der Waals surface area contributed by atoms with Crippen molar-refractivity contribution >= 4 is 17.5 Å². The Bertz CT molecular complexity index is 937. The van der Waals surface area contributed by atoms with Crippen molar-refractivity contribution in [3.05, 3.63) is 76.5 Å². The van der Waals surface area contributed by atoms with Crippen LogP contribution in [0.15, 0.2) is 47.3 Å². The number of carbonyl (C=O) groups is 1. The van der Waals surface area contributed by atoms with Crippen LogP contribution in [0.2, 0.25) is 5.02 Å². The summed E-state index contributed by atoms with van der Waals surface area (Å²) in [4.78, 5) is 27.4. The highest BCUT2D eigenvalue weighted by Gasteiger charge is 2.34.